The smallest absolute Gasteiger partial charge is 0.307 e. The highest BCUT2D eigenvalue weighted by atomic mass is 32.2. The van der Waals surface area contributed by atoms with E-state index in [9.17, 15) is 9.59 Å². The van der Waals surface area contributed by atoms with Crippen LogP contribution >= 0.6 is 11.8 Å². The third kappa shape index (κ3) is 4.30. The summed E-state index contributed by atoms with van der Waals surface area (Å²) in [6.07, 6.45) is 1.79. The Labute approximate surface area is 171 Å². The molecule has 0 aliphatic carbocycles. The van der Waals surface area contributed by atoms with Crippen LogP contribution in [0.15, 0.2) is 82.8 Å². The van der Waals surface area contributed by atoms with Gasteiger partial charge in [-0.1, -0.05) is 42.5 Å². The van der Waals surface area contributed by atoms with Crippen LogP contribution in [0.2, 0.25) is 0 Å². The van der Waals surface area contributed by atoms with Crippen LogP contribution in [0.3, 0.4) is 0 Å². The normalized spacial score (nSPS) is 16.7. The Hall–Kier alpha value is -3.58. The SMILES string of the molecule is O=C(O)Cc1ccc(N=C2NC(=O)/C(=C(/c3ccccc3)c3ccc[nH]3)S2)cc1. The van der Waals surface area contributed by atoms with Gasteiger partial charge in [-0.25, -0.2) is 4.99 Å². The number of carbonyl (C=O) groups excluding carboxylic acids is 1. The van der Waals surface area contributed by atoms with Gasteiger partial charge in [-0.15, -0.1) is 0 Å². The van der Waals surface area contributed by atoms with E-state index in [1.807, 2.05) is 48.7 Å². The standard InChI is InChI=1S/C22H17N3O3S/c26-18(27)13-14-8-10-16(11-9-14)24-22-25-21(28)20(29-22)19(17-7-4-12-23-17)15-5-2-1-3-6-15/h1-12,23H,13H2,(H,26,27)(H,24,25,28)/b20-19+. The fraction of sp³-hybridized carbons (Fsp3) is 0.0455. The first kappa shape index (κ1) is 18.8. The second-order valence-corrected chi connectivity index (χ2v) is 7.36. The number of amides is 1. The van der Waals surface area contributed by atoms with Crippen molar-refractivity contribution in [1.82, 2.24) is 10.3 Å². The Balaban J connectivity index is 1.67. The molecule has 0 unspecified atom stereocenters. The molecule has 1 aliphatic heterocycles. The van der Waals surface area contributed by atoms with Gasteiger partial charge >= 0.3 is 5.97 Å². The fourth-order valence-corrected chi connectivity index (χ4v) is 3.98. The number of nitrogens with one attached hydrogen (secondary N) is 2. The minimum Gasteiger partial charge on any atom is -0.481 e. The molecule has 0 atom stereocenters. The van der Waals surface area contributed by atoms with Crippen molar-refractivity contribution in [2.45, 2.75) is 6.42 Å². The summed E-state index contributed by atoms with van der Waals surface area (Å²) in [4.78, 5) is 31.7. The number of thioether (sulfide) groups is 1. The lowest BCUT2D eigenvalue weighted by molar-refractivity contribution is -0.136. The highest BCUT2D eigenvalue weighted by Crippen LogP contribution is 2.36. The summed E-state index contributed by atoms with van der Waals surface area (Å²) in [5, 5.41) is 12.2. The van der Waals surface area contributed by atoms with Crippen LogP contribution in [0.25, 0.3) is 5.57 Å². The van der Waals surface area contributed by atoms with E-state index < -0.39 is 5.97 Å². The predicted molar refractivity (Wildman–Crippen MR) is 114 cm³/mol. The summed E-state index contributed by atoms with van der Waals surface area (Å²) in [5.41, 5.74) is 3.95. The maximum atomic E-state index is 12.7. The van der Waals surface area contributed by atoms with Gasteiger partial charge in [-0.3, -0.25) is 9.59 Å². The molecule has 7 heteroatoms. The second-order valence-electron chi connectivity index (χ2n) is 6.36. The molecule has 3 aromatic rings. The number of aliphatic carboxylic acids is 1. The van der Waals surface area contributed by atoms with Crippen molar-refractivity contribution >= 4 is 40.1 Å². The van der Waals surface area contributed by atoms with Gasteiger partial charge in [0.05, 0.1) is 17.0 Å². The van der Waals surface area contributed by atoms with Crippen LogP contribution in [0.4, 0.5) is 5.69 Å². The van der Waals surface area contributed by atoms with Crippen molar-refractivity contribution in [2.75, 3.05) is 0 Å². The van der Waals surface area contributed by atoms with Crippen LogP contribution in [-0.2, 0) is 16.0 Å². The van der Waals surface area contributed by atoms with E-state index in [2.05, 4.69) is 15.3 Å². The minimum atomic E-state index is -0.879. The number of hydrogen-bond acceptors (Lipinski definition) is 4. The summed E-state index contributed by atoms with van der Waals surface area (Å²) >= 11 is 1.28. The lowest BCUT2D eigenvalue weighted by Gasteiger charge is -2.08. The van der Waals surface area contributed by atoms with E-state index in [1.54, 1.807) is 24.3 Å². The summed E-state index contributed by atoms with van der Waals surface area (Å²) in [5.74, 6) is -1.08. The molecule has 144 valence electrons. The van der Waals surface area contributed by atoms with Gasteiger partial charge in [0.2, 0.25) is 0 Å². The molecule has 1 amide bonds. The van der Waals surface area contributed by atoms with Crippen molar-refractivity contribution in [1.29, 1.82) is 0 Å². The van der Waals surface area contributed by atoms with E-state index in [4.69, 9.17) is 5.11 Å². The zero-order valence-corrected chi connectivity index (χ0v) is 16.1. The third-order valence-corrected chi connectivity index (χ3v) is 5.28. The lowest BCUT2D eigenvalue weighted by atomic mass is 10.0. The number of rotatable bonds is 5. The van der Waals surface area contributed by atoms with E-state index in [-0.39, 0.29) is 12.3 Å². The van der Waals surface area contributed by atoms with Crippen LogP contribution in [0.1, 0.15) is 16.8 Å². The van der Waals surface area contributed by atoms with Crippen molar-refractivity contribution in [3.63, 3.8) is 0 Å². The topological polar surface area (TPSA) is 94.5 Å². The summed E-state index contributed by atoms with van der Waals surface area (Å²) in [7, 11) is 0. The average molecular weight is 403 g/mol. The Morgan fingerprint density at radius 2 is 1.76 bits per heavy atom. The average Bonchev–Trinajstić information content (AvgIpc) is 3.35. The van der Waals surface area contributed by atoms with Gasteiger partial charge < -0.3 is 15.4 Å². The minimum absolute atomic E-state index is 0.0359. The molecular weight excluding hydrogens is 386 g/mol. The molecule has 1 aliphatic rings. The molecule has 3 N–H and O–H groups in total. The van der Waals surface area contributed by atoms with E-state index in [1.165, 1.54) is 11.8 Å². The van der Waals surface area contributed by atoms with E-state index in [0.717, 1.165) is 16.8 Å². The summed E-state index contributed by atoms with van der Waals surface area (Å²) in [6, 6.07) is 20.5. The van der Waals surface area contributed by atoms with Crippen molar-refractivity contribution in [2.24, 2.45) is 4.99 Å². The third-order valence-electron chi connectivity index (χ3n) is 4.30. The number of carbonyl (C=O) groups is 2. The first-order valence-corrected chi connectivity index (χ1v) is 9.74. The summed E-state index contributed by atoms with van der Waals surface area (Å²) < 4.78 is 0. The van der Waals surface area contributed by atoms with Crippen LogP contribution < -0.4 is 5.32 Å². The number of benzene rings is 2. The van der Waals surface area contributed by atoms with Gasteiger partial charge in [0.15, 0.2) is 5.17 Å². The highest BCUT2D eigenvalue weighted by molar-refractivity contribution is 8.18. The predicted octanol–water partition coefficient (Wildman–Crippen LogP) is 3.95. The number of H-pyrrole nitrogens is 1. The van der Waals surface area contributed by atoms with E-state index in [0.29, 0.717) is 21.3 Å². The Morgan fingerprint density at radius 3 is 2.41 bits per heavy atom. The molecule has 1 aromatic heterocycles. The number of aromatic amines is 1. The number of carboxylic acid groups (broad SMARTS) is 1. The lowest BCUT2D eigenvalue weighted by Crippen LogP contribution is -2.19. The highest BCUT2D eigenvalue weighted by Gasteiger charge is 2.29. The van der Waals surface area contributed by atoms with Gasteiger partial charge in [-0.2, -0.15) is 0 Å². The number of hydrogen-bond donors (Lipinski definition) is 3. The quantitative estimate of drug-likeness (QED) is 0.562. The zero-order chi connectivity index (χ0) is 20.2. The molecule has 4 rings (SSSR count). The van der Waals surface area contributed by atoms with Crippen molar-refractivity contribution < 1.29 is 14.7 Å². The molecule has 0 saturated carbocycles. The second kappa shape index (κ2) is 8.20. The Bertz CT molecular complexity index is 1100. The molecule has 6 nitrogen and oxygen atoms in total. The number of aliphatic imine (C=N–C) groups is 1. The Kier molecular flexibility index (Phi) is 5.31. The molecule has 1 fully saturated rings. The molecule has 0 bridgehead atoms. The molecule has 1 saturated heterocycles. The monoisotopic (exact) mass is 403 g/mol. The zero-order valence-electron chi connectivity index (χ0n) is 15.3. The maximum Gasteiger partial charge on any atom is 0.307 e. The van der Waals surface area contributed by atoms with Crippen LogP contribution in [-0.4, -0.2) is 27.1 Å². The fourth-order valence-electron chi connectivity index (χ4n) is 3.02. The first-order chi connectivity index (χ1) is 14.1. The largest absolute Gasteiger partial charge is 0.481 e. The molecular formula is C22H17N3O3S. The molecule has 29 heavy (non-hydrogen) atoms. The van der Waals surface area contributed by atoms with Gasteiger partial charge in [-0.05, 0) is 47.2 Å². The molecule has 0 radical (unpaired) electrons. The van der Waals surface area contributed by atoms with Gasteiger partial charge in [0.1, 0.15) is 0 Å². The molecule has 0 spiro atoms. The summed E-state index contributed by atoms with van der Waals surface area (Å²) in [6.45, 7) is 0. The van der Waals surface area contributed by atoms with Gasteiger partial charge in [0.25, 0.3) is 5.91 Å². The van der Waals surface area contributed by atoms with Crippen molar-refractivity contribution in [3.05, 3.63) is 94.7 Å². The van der Waals surface area contributed by atoms with E-state index >= 15 is 0 Å². The van der Waals surface area contributed by atoms with Gasteiger partial charge in [0, 0.05) is 17.5 Å². The molecule has 2 heterocycles. The van der Waals surface area contributed by atoms with Crippen LogP contribution in [0.5, 0.6) is 0 Å². The number of carboxylic acids is 1. The van der Waals surface area contributed by atoms with Crippen LogP contribution in [0, 0.1) is 0 Å². The molecule has 2 aromatic carbocycles. The number of aromatic nitrogens is 1. The maximum absolute atomic E-state index is 12.7. The Morgan fingerprint density at radius 1 is 1.00 bits per heavy atom. The number of amidine groups is 1. The number of nitrogens with zero attached hydrogens (tertiary/aromatic N) is 1. The first-order valence-electron chi connectivity index (χ1n) is 8.92. The van der Waals surface area contributed by atoms with Crippen molar-refractivity contribution in [3.8, 4) is 0 Å².